The largest absolute Gasteiger partial charge is 0.392 e. The van der Waals surface area contributed by atoms with Gasteiger partial charge in [-0.05, 0) is 6.42 Å². The van der Waals surface area contributed by atoms with Crippen LogP contribution in [-0.4, -0.2) is 12.5 Å². The van der Waals surface area contributed by atoms with Gasteiger partial charge in [-0.25, -0.2) is 0 Å². The Hall–Kier alpha value is -0.540. The third-order valence-electron chi connectivity index (χ3n) is 1.34. The minimum absolute atomic E-state index is 0.0256. The summed E-state index contributed by atoms with van der Waals surface area (Å²) in [5, 5.41) is 0. The van der Waals surface area contributed by atoms with Crippen LogP contribution in [0.15, 0.2) is 0 Å². The first-order chi connectivity index (χ1) is 4.52. The molecule has 10 heavy (non-hydrogen) atoms. The molecule has 0 aliphatic carbocycles. The highest BCUT2D eigenvalue weighted by Crippen LogP contribution is 2.30. The van der Waals surface area contributed by atoms with Crippen molar-refractivity contribution in [3.8, 4) is 0 Å². The van der Waals surface area contributed by atoms with Crippen LogP contribution < -0.4 is 0 Å². The molecule has 0 spiro atoms. The van der Waals surface area contributed by atoms with Gasteiger partial charge in [0.05, 0.1) is 5.92 Å². The average molecular weight is 154 g/mol. The number of alkyl halides is 3. The standard InChI is InChI=1S/C6H9F3O/c1-2-5(3-4-10)6(7,8)9/h4-5H,2-3H2,1H3. The number of hydrogen-bond acceptors (Lipinski definition) is 1. The summed E-state index contributed by atoms with van der Waals surface area (Å²) in [7, 11) is 0. The van der Waals surface area contributed by atoms with Gasteiger partial charge < -0.3 is 4.79 Å². The zero-order valence-electron chi connectivity index (χ0n) is 5.61. The van der Waals surface area contributed by atoms with Crippen LogP contribution in [0.4, 0.5) is 13.2 Å². The van der Waals surface area contributed by atoms with Crippen LogP contribution >= 0.6 is 0 Å². The molecule has 60 valence electrons. The maximum atomic E-state index is 11.7. The molecule has 0 aliphatic heterocycles. The molecule has 0 bridgehead atoms. The Labute approximate surface area is 57.2 Å². The molecule has 4 heteroatoms. The summed E-state index contributed by atoms with van der Waals surface area (Å²) in [5.74, 6) is -1.45. The van der Waals surface area contributed by atoms with Crippen molar-refractivity contribution in [1.29, 1.82) is 0 Å². The molecule has 1 nitrogen and oxygen atoms in total. The van der Waals surface area contributed by atoms with E-state index < -0.39 is 18.5 Å². The second-order valence-corrected chi connectivity index (χ2v) is 2.05. The van der Waals surface area contributed by atoms with E-state index in [4.69, 9.17) is 0 Å². The number of carbonyl (C=O) groups is 1. The molecule has 0 N–H and O–H groups in total. The minimum atomic E-state index is -4.21. The SMILES string of the molecule is CCC(CC=O)C(F)(F)F. The van der Waals surface area contributed by atoms with Crippen molar-refractivity contribution in [1.82, 2.24) is 0 Å². The summed E-state index contributed by atoms with van der Waals surface area (Å²) in [6.45, 7) is 1.42. The summed E-state index contributed by atoms with van der Waals surface area (Å²) in [5.41, 5.74) is 0. The highest BCUT2D eigenvalue weighted by molar-refractivity contribution is 5.49. The molecule has 0 aromatic rings. The molecule has 0 fully saturated rings. The second-order valence-electron chi connectivity index (χ2n) is 2.05. The quantitative estimate of drug-likeness (QED) is 0.569. The van der Waals surface area contributed by atoms with Crippen molar-refractivity contribution in [3.63, 3.8) is 0 Å². The lowest BCUT2D eigenvalue weighted by Gasteiger charge is -2.14. The van der Waals surface area contributed by atoms with Crippen LogP contribution in [0.5, 0.6) is 0 Å². The highest BCUT2D eigenvalue weighted by Gasteiger charge is 2.37. The molecule has 0 radical (unpaired) electrons. The zero-order valence-corrected chi connectivity index (χ0v) is 5.61. The lowest BCUT2D eigenvalue weighted by atomic mass is 10.0. The van der Waals surface area contributed by atoms with Gasteiger partial charge in [0.15, 0.2) is 0 Å². The Morgan fingerprint density at radius 3 is 2.10 bits per heavy atom. The van der Waals surface area contributed by atoms with Gasteiger partial charge in [0.25, 0.3) is 0 Å². The lowest BCUT2D eigenvalue weighted by molar-refractivity contribution is -0.177. The molecule has 1 unspecified atom stereocenters. The van der Waals surface area contributed by atoms with Crippen LogP contribution in [0.25, 0.3) is 0 Å². The third kappa shape index (κ3) is 2.85. The fourth-order valence-electron chi connectivity index (χ4n) is 0.648. The van der Waals surface area contributed by atoms with Crippen LogP contribution in [-0.2, 0) is 4.79 Å². The third-order valence-corrected chi connectivity index (χ3v) is 1.34. The fourth-order valence-corrected chi connectivity index (χ4v) is 0.648. The average Bonchev–Trinajstić information content (AvgIpc) is 1.80. The van der Waals surface area contributed by atoms with Gasteiger partial charge in [0, 0.05) is 6.42 Å². The van der Waals surface area contributed by atoms with Gasteiger partial charge in [0.2, 0.25) is 0 Å². The van der Waals surface area contributed by atoms with E-state index in [0.717, 1.165) is 0 Å². The number of carbonyl (C=O) groups excluding carboxylic acids is 1. The Morgan fingerprint density at radius 2 is 2.00 bits per heavy atom. The number of halogens is 3. The first-order valence-corrected chi connectivity index (χ1v) is 3.02. The van der Waals surface area contributed by atoms with Crippen LogP contribution in [0.1, 0.15) is 19.8 Å². The van der Waals surface area contributed by atoms with Crippen molar-refractivity contribution >= 4 is 6.29 Å². The zero-order chi connectivity index (χ0) is 8.20. The van der Waals surface area contributed by atoms with E-state index >= 15 is 0 Å². The summed E-state index contributed by atoms with van der Waals surface area (Å²) in [6, 6.07) is 0. The van der Waals surface area contributed by atoms with E-state index in [1.54, 1.807) is 0 Å². The van der Waals surface area contributed by atoms with E-state index in [1.807, 2.05) is 0 Å². The minimum Gasteiger partial charge on any atom is -0.303 e. The maximum absolute atomic E-state index is 11.7. The maximum Gasteiger partial charge on any atom is 0.392 e. The molecule has 0 rings (SSSR count). The van der Waals surface area contributed by atoms with Crippen LogP contribution in [0, 0.1) is 5.92 Å². The second kappa shape index (κ2) is 3.58. The first kappa shape index (κ1) is 9.46. The van der Waals surface area contributed by atoms with Crippen molar-refractivity contribution in [3.05, 3.63) is 0 Å². The molecule has 0 heterocycles. The van der Waals surface area contributed by atoms with E-state index in [-0.39, 0.29) is 6.42 Å². The highest BCUT2D eigenvalue weighted by atomic mass is 19.4. The van der Waals surface area contributed by atoms with Crippen LogP contribution in [0.2, 0.25) is 0 Å². The van der Waals surface area contributed by atoms with Gasteiger partial charge in [-0.2, -0.15) is 13.2 Å². The lowest BCUT2D eigenvalue weighted by Crippen LogP contribution is -2.22. The summed E-state index contributed by atoms with van der Waals surface area (Å²) in [6.07, 6.45) is -4.35. The smallest absolute Gasteiger partial charge is 0.303 e. The van der Waals surface area contributed by atoms with Gasteiger partial charge in [-0.15, -0.1) is 0 Å². The van der Waals surface area contributed by atoms with E-state index in [1.165, 1.54) is 6.92 Å². The molecule has 0 aromatic carbocycles. The van der Waals surface area contributed by atoms with Gasteiger partial charge >= 0.3 is 6.18 Å². The van der Waals surface area contributed by atoms with E-state index in [9.17, 15) is 18.0 Å². The Bertz CT molecular complexity index is 108. The van der Waals surface area contributed by atoms with E-state index in [0.29, 0.717) is 6.29 Å². The fraction of sp³-hybridized carbons (Fsp3) is 0.833. The molecule has 0 aromatic heterocycles. The van der Waals surface area contributed by atoms with Gasteiger partial charge in [-0.3, -0.25) is 0 Å². The van der Waals surface area contributed by atoms with Crippen LogP contribution in [0.3, 0.4) is 0 Å². The van der Waals surface area contributed by atoms with Gasteiger partial charge in [-0.1, -0.05) is 6.92 Å². The van der Waals surface area contributed by atoms with Crippen molar-refractivity contribution in [2.45, 2.75) is 25.9 Å². The normalized spacial score (nSPS) is 14.8. The number of hydrogen-bond donors (Lipinski definition) is 0. The topological polar surface area (TPSA) is 17.1 Å². The predicted molar refractivity (Wildman–Crippen MR) is 30.5 cm³/mol. The predicted octanol–water partition coefficient (Wildman–Crippen LogP) is 2.16. The van der Waals surface area contributed by atoms with Gasteiger partial charge in [0.1, 0.15) is 6.29 Å². The Balaban J connectivity index is 3.92. The summed E-state index contributed by atoms with van der Waals surface area (Å²) in [4.78, 5) is 9.72. The summed E-state index contributed by atoms with van der Waals surface area (Å²) < 4.78 is 35.2. The molecule has 0 aliphatic rings. The number of aldehydes is 1. The molecule has 0 amide bonds. The molecular weight excluding hydrogens is 145 g/mol. The molecule has 1 atom stereocenters. The van der Waals surface area contributed by atoms with Crippen molar-refractivity contribution < 1.29 is 18.0 Å². The monoisotopic (exact) mass is 154 g/mol. The molecule has 0 saturated heterocycles. The Morgan fingerprint density at radius 1 is 1.50 bits per heavy atom. The van der Waals surface area contributed by atoms with Crippen molar-refractivity contribution in [2.24, 2.45) is 5.92 Å². The van der Waals surface area contributed by atoms with Crippen molar-refractivity contribution in [2.75, 3.05) is 0 Å². The summed E-state index contributed by atoms with van der Waals surface area (Å²) >= 11 is 0. The van der Waals surface area contributed by atoms with E-state index in [2.05, 4.69) is 0 Å². The molecular formula is C6H9F3O. The first-order valence-electron chi connectivity index (χ1n) is 3.02. The number of rotatable bonds is 3. The molecule has 0 saturated carbocycles. The Kier molecular flexibility index (Phi) is 3.39.